The largest absolute Gasteiger partial charge is 0.486 e. The summed E-state index contributed by atoms with van der Waals surface area (Å²) in [5, 5.41) is 5.30. The maximum absolute atomic E-state index is 12.7. The van der Waals surface area contributed by atoms with Crippen molar-refractivity contribution >= 4 is 45.6 Å². The van der Waals surface area contributed by atoms with E-state index in [0.29, 0.717) is 42.6 Å². The van der Waals surface area contributed by atoms with Gasteiger partial charge in [0.1, 0.15) is 28.4 Å². The van der Waals surface area contributed by atoms with E-state index in [9.17, 15) is 4.79 Å². The summed E-state index contributed by atoms with van der Waals surface area (Å²) in [7, 11) is 0. The molecule has 0 saturated heterocycles. The van der Waals surface area contributed by atoms with Gasteiger partial charge in [0, 0.05) is 21.7 Å². The first-order chi connectivity index (χ1) is 15.0. The lowest BCUT2D eigenvalue weighted by Gasteiger charge is -2.01. The van der Waals surface area contributed by atoms with Crippen molar-refractivity contribution in [2.75, 3.05) is 0 Å². The fourth-order valence-electron chi connectivity index (χ4n) is 3.01. The Morgan fingerprint density at radius 2 is 1.84 bits per heavy atom. The summed E-state index contributed by atoms with van der Waals surface area (Å²) in [6.45, 7) is 0.181. The molecule has 31 heavy (non-hydrogen) atoms. The van der Waals surface area contributed by atoms with Gasteiger partial charge in [0.15, 0.2) is 5.82 Å². The molecule has 0 aliphatic rings. The molecule has 0 spiro atoms. The lowest BCUT2D eigenvalue weighted by atomic mass is 10.2. The molecule has 9 heteroatoms. The van der Waals surface area contributed by atoms with Gasteiger partial charge < -0.3 is 9.15 Å². The third-order valence-corrected chi connectivity index (χ3v) is 5.78. The molecule has 0 N–H and O–H groups in total. The van der Waals surface area contributed by atoms with Crippen molar-refractivity contribution in [2.45, 2.75) is 6.61 Å². The second-order valence-electron chi connectivity index (χ2n) is 6.60. The number of nitrogens with zero attached hydrogens (tertiary/aromatic N) is 3. The van der Waals surface area contributed by atoms with Crippen LogP contribution in [0.1, 0.15) is 11.6 Å². The molecule has 2 aromatic carbocycles. The molecule has 0 unspecified atom stereocenters. The zero-order valence-corrected chi connectivity index (χ0v) is 18.1. The van der Waals surface area contributed by atoms with Crippen LogP contribution in [0.4, 0.5) is 0 Å². The van der Waals surface area contributed by atoms with Crippen LogP contribution in [0.2, 0.25) is 10.0 Å². The van der Waals surface area contributed by atoms with E-state index in [1.54, 1.807) is 36.4 Å². The minimum atomic E-state index is -0.262. The highest BCUT2D eigenvalue weighted by Gasteiger charge is 2.12. The Morgan fingerprint density at radius 3 is 2.58 bits per heavy atom. The van der Waals surface area contributed by atoms with E-state index in [4.69, 9.17) is 32.4 Å². The molecule has 0 fully saturated rings. The van der Waals surface area contributed by atoms with Gasteiger partial charge in [-0.05, 0) is 42.5 Å². The van der Waals surface area contributed by atoms with E-state index in [2.05, 4.69) is 10.1 Å². The Labute approximate surface area is 189 Å². The molecule has 3 heterocycles. The average Bonchev–Trinajstić information content (AvgIpc) is 3.44. The van der Waals surface area contributed by atoms with Crippen LogP contribution in [0.5, 0.6) is 5.75 Å². The minimum Gasteiger partial charge on any atom is -0.486 e. The second kappa shape index (κ2) is 8.19. The van der Waals surface area contributed by atoms with Gasteiger partial charge in [0.25, 0.3) is 5.56 Å². The van der Waals surface area contributed by atoms with Crippen molar-refractivity contribution in [3.05, 3.63) is 97.2 Å². The number of benzene rings is 2. The van der Waals surface area contributed by atoms with Crippen molar-refractivity contribution in [2.24, 2.45) is 0 Å². The van der Waals surface area contributed by atoms with E-state index in [1.807, 2.05) is 30.3 Å². The predicted octanol–water partition coefficient (Wildman–Crippen LogP) is 4.84. The second-order valence-corrected chi connectivity index (χ2v) is 8.48. The number of furan rings is 1. The molecule has 0 atom stereocenters. The monoisotopic (exact) mass is 469 g/mol. The number of hydrogen-bond acceptors (Lipinski definition) is 6. The van der Waals surface area contributed by atoms with E-state index < -0.39 is 0 Å². The van der Waals surface area contributed by atoms with Gasteiger partial charge in [-0.1, -0.05) is 52.7 Å². The molecular weight excluding hydrogens is 457 g/mol. The summed E-state index contributed by atoms with van der Waals surface area (Å²) in [6.07, 6.45) is 1.67. The first-order valence-corrected chi connectivity index (χ1v) is 10.8. The third kappa shape index (κ3) is 4.20. The fraction of sp³-hybridized carbons (Fsp3) is 0.0455. The summed E-state index contributed by atoms with van der Waals surface area (Å²) >= 11 is 13.4. The number of ether oxygens (including phenoxy) is 1. The first kappa shape index (κ1) is 19.8. The lowest BCUT2D eigenvalue weighted by molar-refractivity contribution is 0.296. The highest BCUT2D eigenvalue weighted by atomic mass is 35.5. The van der Waals surface area contributed by atoms with Gasteiger partial charge in [0.05, 0.1) is 0 Å². The van der Waals surface area contributed by atoms with Crippen LogP contribution in [-0.4, -0.2) is 14.6 Å². The number of hydrogen-bond donors (Lipinski definition) is 0. The predicted molar refractivity (Wildman–Crippen MR) is 121 cm³/mol. The summed E-state index contributed by atoms with van der Waals surface area (Å²) < 4.78 is 13.2. The zero-order chi connectivity index (χ0) is 21.4. The van der Waals surface area contributed by atoms with Gasteiger partial charge in [0.2, 0.25) is 4.96 Å². The number of thiazole rings is 1. The molecule has 5 rings (SSSR count). The van der Waals surface area contributed by atoms with Crippen LogP contribution in [-0.2, 0) is 6.61 Å². The molecule has 0 amide bonds. The van der Waals surface area contributed by atoms with Crippen molar-refractivity contribution < 1.29 is 9.15 Å². The number of para-hydroxylation sites is 1. The van der Waals surface area contributed by atoms with Crippen molar-refractivity contribution in [3.63, 3.8) is 0 Å². The van der Waals surface area contributed by atoms with Gasteiger partial charge in [-0.3, -0.25) is 4.79 Å². The van der Waals surface area contributed by atoms with Crippen LogP contribution in [0.3, 0.4) is 0 Å². The Morgan fingerprint density at radius 1 is 1.06 bits per heavy atom. The number of fused-ring (bicyclic) bond motifs is 1. The van der Waals surface area contributed by atoms with Crippen LogP contribution in [0.15, 0.2) is 69.9 Å². The highest BCUT2D eigenvalue weighted by Crippen LogP contribution is 2.28. The third-order valence-electron chi connectivity index (χ3n) is 4.38. The van der Waals surface area contributed by atoms with E-state index >= 15 is 0 Å². The average molecular weight is 470 g/mol. The van der Waals surface area contributed by atoms with Crippen LogP contribution in [0.25, 0.3) is 22.4 Å². The van der Waals surface area contributed by atoms with Crippen LogP contribution >= 0.6 is 34.5 Å². The van der Waals surface area contributed by atoms with E-state index in [0.717, 1.165) is 5.56 Å². The standard InChI is InChI=1S/C22H13Cl2N3O3S/c23-14-8-13(9-15(24)10-14)18-7-6-17(30-18)11-19-21(28)27-22(31-19)25-20(26-27)12-29-16-4-2-1-3-5-16/h1-11H,12H2. The van der Waals surface area contributed by atoms with E-state index in [1.165, 1.54) is 15.9 Å². The van der Waals surface area contributed by atoms with Gasteiger partial charge >= 0.3 is 0 Å². The SMILES string of the molecule is O=c1c(=Cc2ccc(-c3cc(Cl)cc(Cl)c3)o2)sc2nc(COc3ccccc3)nn12. The number of aromatic nitrogens is 3. The zero-order valence-electron chi connectivity index (χ0n) is 15.8. The minimum absolute atomic E-state index is 0.181. The molecule has 3 aromatic heterocycles. The summed E-state index contributed by atoms with van der Waals surface area (Å²) in [5.74, 6) is 2.28. The lowest BCUT2D eigenvalue weighted by Crippen LogP contribution is -2.23. The van der Waals surface area contributed by atoms with Gasteiger partial charge in [-0.25, -0.2) is 0 Å². The maximum atomic E-state index is 12.7. The summed E-state index contributed by atoms with van der Waals surface area (Å²) in [6, 6.07) is 18.1. The van der Waals surface area contributed by atoms with Crippen molar-refractivity contribution in [1.29, 1.82) is 0 Å². The van der Waals surface area contributed by atoms with Gasteiger partial charge in [-0.15, -0.1) is 5.10 Å². The molecule has 0 saturated carbocycles. The maximum Gasteiger partial charge on any atom is 0.291 e. The topological polar surface area (TPSA) is 69.6 Å². The normalized spacial score (nSPS) is 12.0. The van der Waals surface area contributed by atoms with Crippen LogP contribution in [0, 0.1) is 0 Å². The molecule has 0 aliphatic carbocycles. The van der Waals surface area contributed by atoms with E-state index in [-0.39, 0.29) is 12.2 Å². The molecule has 0 radical (unpaired) electrons. The molecule has 154 valence electrons. The molecule has 0 aliphatic heterocycles. The van der Waals surface area contributed by atoms with Crippen LogP contribution < -0.4 is 14.8 Å². The smallest absolute Gasteiger partial charge is 0.291 e. The summed E-state index contributed by atoms with van der Waals surface area (Å²) in [5.41, 5.74) is 0.493. The molecule has 5 aromatic rings. The molecular formula is C22H13Cl2N3O3S. The quantitative estimate of drug-likeness (QED) is 0.368. The Bertz CT molecular complexity index is 1470. The highest BCUT2D eigenvalue weighted by molar-refractivity contribution is 7.15. The molecule has 6 nitrogen and oxygen atoms in total. The molecule has 0 bridgehead atoms. The Balaban J connectivity index is 1.40. The first-order valence-electron chi connectivity index (χ1n) is 9.19. The number of halogens is 2. The van der Waals surface area contributed by atoms with Gasteiger partial charge in [-0.2, -0.15) is 9.50 Å². The fourth-order valence-corrected chi connectivity index (χ4v) is 4.44. The van der Waals surface area contributed by atoms with Crippen molar-refractivity contribution in [1.82, 2.24) is 14.6 Å². The Hall–Kier alpha value is -3.13. The summed E-state index contributed by atoms with van der Waals surface area (Å²) in [4.78, 5) is 17.6. The Kier molecular flexibility index (Phi) is 5.23. The number of rotatable bonds is 5. The van der Waals surface area contributed by atoms with Crippen molar-refractivity contribution in [3.8, 4) is 17.1 Å².